The Labute approximate surface area is 158 Å². The van der Waals surface area contributed by atoms with Crippen molar-refractivity contribution in [2.75, 3.05) is 24.5 Å². The zero-order valence-electron chi connectivity index (χ0n) is 14.5. The second kappa shape index (κ2) is 7.36. The minimum absolute atomic E-state index is 0.0337. The Morgan fingerprint density at radius 3 is 2.78 bits per heavy atom. The summed E-state index contributed by atoms with van der Waals surface area (Å²) < 4.78 is 6.11. The first kappa shape index (κ1) is 17.5. The number of fused-ring (bicyclic) bond motifs is 1. The van der Waals surface area contributed by atoms with Crippen LogP contribution in [0.15, 0.2) is 40.8 Å². The first-order valence-corrected chi connectivity index (χ1v) is 9.55. The normalized spacial score (nSPS) is 15.2. The van der Waals surface area contributed by atoms with E-state index in [0.29, 0.717) is 12.5 Å². The highest BCUT2D eigenvalue weighted by Gasteiger charge is 2.23. The molecule has 0 bridgehead atoms. The van der Waals surface area contributed by atoms with Gasteiger partial charge in [0.25, 0.3) is 5.91 Å². The summed E-state index contributed by atoms with van der Waals surface area (Å²) in [5.74, 6) is -0.515. The zero-order valence-corrected chi connectivity index (χ0v) is 15.3. The number of para-hydroxylation sites is 1. The van der Waals surface area contributed by atoms with Crippen molar-refractivity contribution in [3.63, 3.8) is 0 Å². The van der Waals surface area contributed by atoms with E-state index in [2.05, 4.69) is 16.3 Å². The number of hydrogen-bond donors (Lipinski definition) is 1. The molecule has 1 N–H and O–H groups in total. The van der Waals surface area contributed by atoms with Crippen LogP contribution in [0.1, 0.15) is 23.4 Å². The fourth-order valence-electron chi connectivity index (χ4n) is 3.20. The number of rotatable bonds is 5. The molecule has 2 aromatic heterocycles. The second-order valence-corrected chi connectivity index (χ2v) is 7.51. The van der Waals surface area contributed by atoms with Crippen LogP contribution in [0.5, 0.6) is 0 Å². The Morgan fingerprint density at radius 1 is 1.30 bits per heavy atom. The molecule has 1 amide bonds. The van der Waals surface area contributed by atoms with Crippen molar-refractivity contribution < 1.29 is 14.1 Å². The average molecular weight is 386 g/mol. The lowest BCUT2D eigenvalue weighted by atomic mass is 9.97. The summed E-state index contributed by atoms with van der Waals surface area (Å²) in [6.45, 7) is 2.32. The lowest BCUT2D eigenvalue weighted by molar-refractivity contribution is -0.402. The summed E-state index contributed by atoms with van der Waals surface area (Å²) in [4.78, 5) is 29.0. The fraction of sp³-hybridized carbons (Fsp3) is 0.333. The lowest BCUT2D eigenvalue weighted by Gasteiger charge is -2.31. The van der Waals surface area contributed by atoms with Gasteiger partial charge in [0.1, 0.15) is 4.92 Å². The molecular weight excluding hydrogens is 368 g/mol. The maximum Gasteiger partial charge on any atom is 0.433 e. The quantitative estimate of drug-likeness (QED) is 0.532. The van der Waals surface area contributed by atoms with Crippen LogP contribution in [0, 0.1) is 16.0 Å². The number of carbonyl (C=O) groups is 1. The molecule has 1 saturated heterocycles. The van der Waals surface area contributed by atoms with Gasteiger partial charge in [-0.1, -0.05) is 23.5 Å². The fourth-order valence-corrected chi connectivity index (χ4v) is 4.21. The largest absolute Gasteiger partial charge is 0.433 e. The molecule has 3 aromatic rings. The van der Waals surface area contributed by atoms with Gasteiger partial charge in [-0.3, -0.25) is 14.9 Å². The van der Waals surface area contributed by atoms with Crippen LogP contribution in [0.4, 0.5) is 11.0 Å². The van der Waals surface area contributed by atoms with Crippen molar-refractivity contribution >= 4 is 38.5 Å². The number of carbonyl (C=O) groups excluding carboxylic acids is 1. The number of hydrogen-bond acceptors (Lipinski definition) is 7. The third kappa shape index (κ3) is 3.77. The monoisotopic (exact) mass is 386 g/mol. The van der Waals surface area contributed by atoms with Crippen molar-refractivity contribution in [1.82, 2.24) is 10.3 Å². The molecule has 140 valence electrons. The molecule has 1 aliphatic rings. The first-order chi connectivity index (χ1) is 13.1. The number of aromatic nitrogens is 1. The number of thiazole rings is 1. The Hall–Kier alpha value is -2.94. The molecule has 0 unspecified atom stereocenters. The van der Waals surface area contributed by atoms with Gasteiger partial charge in [0, 0.05) is 19.6 Å². The standard InChI is InChI=1S/C18H18N4O4S/c23-17(14-5-6-16(26-14)22(24)25)19-11-12-7-9-21(10-8-12)18-20-13-3-1-2-4-15(13)27-18/h1-6,12H,7-11H2,(H,19,23). The maximum absolute atomic E-state index is 12.1. The average Bonchev–Trinajstić information content (AvgIpc) is 3.33. The smallest absolute Gasteiger partial charge is 0.395 e. The van der Waals surface area contributed by atoms with Gasteiger partial charge in [-0.2, -0.15) is 0 Å². The van der Waals surface area contributed by atoms with Gasteiger partial charge >= 0.3 is 5.88 Å². The van der Waals surface area contributed by atoms with Gasteiger partial charge in [0.05, 0.1) is 16.3 Å². The highest BCUT2D eigenvalue weighted by molar-refractivity contribution is 7.22. The van der Waals surface area contributed by atoms with Gasteiger partial charge < -0.3 is 14.6 Å². The van der Waals surface area contributed by atoms with E-state index in [-0.39, 0.29) is 5.76 Å². The number of nitrogens with zero attached hydrogens (tertiary/aromatic N) is 3. The Balaban J connectivity index is 1.29. The van der Waals surface area contributed by atoms with Gasteiger partial charge in [0.2, 0.25) is 0 Å². The molecule has 1 fully saturated rings. The summed E-state index contributed by atoms with van der Waals surface area (Å²) in [6.07, 6.45) is 1.91. The van der Waals surface area contributed by atoms with E-state index in [9.17, 15) is 14.9 Å². The van der Waals surface area contributed by atoms with Crippen LogP contribution in [-0.2, 0) is 0 Å². The number of furan rings is 1. The molecule has 0 spiro atoms. The molecule has 0 atom stereocenters. The Bertz CT molecular complexity index is 942. The van der Waals surface area contributed by atoms with E-state index in [4.69, 9.17) is 9.40 Å². The highest BCUT2D eigenvalue weighted by atomic mass is 32.1. The number of nitrogens with one attached hydrogen (secondary N) is 1. The summed E-state index contributed by atoms with van der Waals surface area (Å²) in [7, 11) is 0. The first-order valence-electron chi connectivity index (χ1n) is 8.73. The summed E-state index contributed by atoms with van der Waals surface area (Å²) >= 11 is 1.70. The van der Waals surface area contributed by atoms with Crippen molar-refractivity contribution in [2.24, 2.45) is 5.92 Å². The van der Waals surface area contributed by atoms with Crippen LogP contribution in [0.25, 0.3) is 10.2 Å². The molecule has 0 aliphatic carbocycles. The Morgan fingerprint density at radius 2 is 2.07 bits per heavy atom. The maximum atomic E-state index is 12.1. The molecule has 9 heteroatoms. The van der Waals surface area contributed by atoms with Crippen molar-refractivity contribution in [2.45, 2.75) is 12.8 Å². The second-order valence-electron chi connectivity index (χ2n) is 6.50. The summed E-state index contributed by atoms with van der Waals surface area (Å²) in [5.41, 5.74) is 1.03. The predicted octanol–water partition coefficient (Wildman–Crippen LogP) is 3.44. The molecule has 3 heterocycles. The molecule has 1 aromatic carbocycles. The molecule has 8 nitrogen and oxygen atoms in total. The van der Waals surface area contributed by atoms with Gasteiger partial charge in [-0.05, 0) is 37.0 Å². The zero-order chi connectivity index (χ0) is 18.8. The van der Waals surface area contributed by atoms with Crippen LogP contribution in [-0.4, -0.2) is 35.4 Å². The minimum atomic E-state index is -0.658. The number of amides is 1. The van der Waals surface area contributed by atoms with Crippen LogP contribution in [0.2, 0.25) is 0 Å². The minimum Gasteiger partial charge on any atom is -0.395 e. The number of benzene rings is 1. The lowest BCUT2D eigenvalue weighted by Crippen LogP contribution is -2.38. The highest BCUT2D eigenvalue weighted by Crippen LogP contribution is 2.31. The molecule has 0 radical (unpaired) electrons. The number of anilines is 1. The van der Waals surface area contributed by atoms with Gasteiger partial charge in [0.15, 0.2) is 10.9 Å². The molecule has 0 saturated carbocycles. The summed E-state index contributed by atoms with van der Waals surface area (Å²) in [6, 6.07) is 10.6. The topological polar surface area (TPSA) is 102 Å². The van der Waals surface area contributed by atoms with Crippen molar-refractivity contribution in [1.29, 1.82) is 0 Å². The van der Waals surface area contributed by atoms with E-state index in [0.717, 1.165) is 36.6 Å². The summed E-state index contributed by atoms with van der Waals surface area (Å²) in [5, 5.41) is 14.5. The van der Waals surface area contributed by atoms with E-state index in [1.165, 1.54) is 16.8 Å². The molecular formula is C18H18N4O4S. The van der Waals surface area contributed by atoms with E-state index >= 15 is 0 Å². The Kier molecular flexibility index (Phi) is 4.76. The van der Waals surface area contributed by atoms with Crippen molar-refractivity contribution in [3.8, 4) is 0 Å². The van der Waals surface area contributed by atoms with E-state index in [1.54, 1.807) is 11.3 Å². The van der Waals surface area contributed by atoms with Crippen LogP contribution >= 0.6 is 11.3 Å². The molecule has 4 rings (SSSR count). The van der Waals surface area contributed by atoms with Crippen molar-refractivity contribution in [3.05, 3.63) is 52.3 Å². The third-order valence-electron chi connectivity index (χ3n) is 4.71. The van der Waals surface area contributed by atoms with Crippen LogP contribution in [0.3, 0.4) is 0 Å². The number of piperidine rings is 1. The predicted molar refractivity (Wildman–Crippen MR) is 102 cm³/mol. The van der Waals surface area contributed by atoms with Crippen LogP contribution < -0.4 is 10.2 Å². The third-order valence-corrected chi connectivity index (χ3v) is 5.81. The molecule has 27 heavy (non-hydrogen) atoms. The molecule has 1 aliphatic heterocycles. The van der Waals surface area contributed by atoms with Gasteiger partial charge in [-0.15, -0.1) is 0 Å². The number of nitro groups is 1. The van der Waals surface area contributed by atoms with E-state index < -0.39 is 16.7 Å². The SMILES string of the molecule is O=C(NCC1CCN(c2nc3ccccc3s2)CC1)c1ccc([N+](=O)[O-])o1. The van der Waals surface area contributed by atoms with E-state index in [1.807, 2.05) is 18.2 Å². The van der Waals surface area contributed by atoms with Gasteiger partial charge in [-0.25, -0.2) is 4.98 Å².